The molecule has 1 fully saturated rings. The van der Waals surface area contributed by atoms with Gasteiger partial charge in [0.2, 0.25) is 11.7 Å². The molecule has 0 saturated carbocycles. The van der Waals surface area contributed by atoms with Crippen LogP contribution in [0.25, 0.3) is 11.4 Å². The summed E-state index contributed by atoms with van der Waals surface area (Å²) in [7, 11) is 0. The highest BCUT2D eigenvalue weighted by atomic mass is 32.2. The monoisotopic (exact) mass is 366 g/mol. The number of nitrogens with zero attached hydrogens (tertiary/aromatic N) is 2. The zero-order valence-electron chi connectivity index (χ0n) is 15.1. The molecule has 1 aliphatic rings. The molecule has 0 aliphatic carbocycles. The molecule has 1 aliphatic heterocycles. The Morgan fingerprint density at radius 3 is 2.58 bits per heavy atom. The molecule has 2 N–H and O–H groups in total. The summed E-state index contributed by atoms with van der Waals surface area (Å²) in [5, 5.41) is 4.16. The molecule has 4 rings (SSSR count). The van der Waals surface area contributed by atoms with Gasteiger partial charge in [-0.2, -0.15) is 4.98 Å². The molecule has 1 saturated heterocycles. The Balaban J connectivity index is 1.51. The van der Waals surface area contributed by atoms with E-state index >= 15 is 0 Å². The van der Waals surface area contributed by atoms with Crippen molar-refractivity contribution < 1.29 is 4.52 Å². The Bertz CT molecular complexity index is 906. The van der Waals surface area contributed by atoms with E-state index in [1.165, 1.54) is 21.6 Å². The number of nitrogens with one attached hydrogen (secondary N) is 2. The molecule has 0 bridgehead atoms. The van der Waals surface area contributed by atoms with E-state index in [0.29, 0.717) is 11.7 Å². The fraction of sp³-hybridized carbons (Fsp3) is 0.300. The van der Waals surface area contributed by atoms with Gasteiger partial charge in [0, 0.05) is 16.5 Å². The van der Waals surface area contributed by atoms with Crippen LogP contribution in [0.2, 0.25) is 0 Å². The molecule has 5 nitrogen and oxygen atoms in total. The maximum absolute atomic E-state index is 5.53. The first-order valence-electron chi connectivity index (χ1n) is 8.70. The fourth-order valence-corrected chi connectivity index (χ4v) is 3.70. The van der Waals surface area contributed by atoms with E-state index in [1.54, 1.807) is 11.8 Å². The minimum absolute atomic E-state index is 0.00614. The predicted octanol–water partition coefficient (Wildman–Crippen LogP) is 4.36. The number of hydrogen-bond donors (Lipinski definition) is 2. The summed E-state index contributed by atoms with van der Waals surface area (Å²) in [6.45, 7) is 4.27. The normalized spacial score (nSPS) is 19.8. The number of thioether (sulfide) groups is 1. The number of rotatable bonds is 4. The lowest BCUT2D eigenvalue weighted by Gasteiger charge is -2.13. The molecule has 0 radical (unpaired) electrons. The summed E-state index contributed by atoms with van der Waals surface area (Å²) in [4.78, 5) is 5.82. The SMILES string of the molecule is CSc1ccc(-c2noc(C3CC(c4cc(C)ccc4C)NN3)n2)cc1. The number of aryl methyl sites for hydroxylation is 2. The maximum Gasteiger partial charge on any atom is 0.245 e. The number of benzene rings is 2. The molecule has 2 aromatic carbocycles. The molecule has 2 atom stereocenters. The van der Waals surface area contributed by atoms with Gasteiger partial charge in [-0.3, -0.25) is 0 Å². The van der Waals surface area contributed by atoms with E-state index in [2.05, 4.69) is 71.4 Å². The van der Waals surface area contributed by atoms with Crippen molar-refractivity contribution in [1.29, 1.82) is 0 Å². The lowest BCUT2D eigenvalue weighted by atomic mass is 9.96. The van der Waals surface area contributed by atoms with Crippen molar-refractivity contribution in [3.05, 3.63) is 65.0 Å². The first kappa shape index (κ1) is 17.3. The first-order valence-corrected chi connectivity index (χ1v) is 9.93. The molecule has 2 unspecified atom stereocenters. The van der Waals surface area contributed by atoms with E-state index in [4.69, 9.17) is 4.52 Å². The lowest BCUT2D eigenvalue weighted by molar-refractivity contribution is 0.340. The van der Waals surface area contributed by atoms with Crippen molar-refractivity contribution in [3.8, 4) is 11.4 Å². The largest absolute Gasteiger partial charge is 0.337 e. The Hall–Kier alpha value is -2.15. The minimum atomic E-state index is 0.00614. The number of hydrazine groups is 1. The van der Waals surface area contributed by atoms with Crippen LogP contribution in [-0.2, 0) is 0 Å². The van der Waals surface area contributed by atoms with Crippen molar-refractivity contribution in [2.75, 3.05) is 6.26 Å². The first-order chi connectivity index (χ1) is 12.6. The van der Waals surface area contributed by atoms with Crippen molar-refractivity contribution in [2.45, 2.75) is 37.2 Å². The topological polar surface area (TPSA) is 63.0 Å². The molecule has 0 amide bonds. The quantitative estimate of drug-likeness (QED) is 0.669. The summed E-state index contributed by atoms with van der Waals surface area (Å²) in [6.07, 6.45) is 2.93. The van der Waals surface area contributed by atoms with E-state index in [9.17, 15) is 0 Å². The second-order valence-electron chi connectivity index (χ2n) is 6.67. The second-order valence-corrected chi connectivity index (χ2v) is 7.55. The van der Waals surface area contributed by atoms with Crippen molar-refractivity contribution >= 4 is 11.8 Å². The van der Waals surface area contributed by atoms with Crippen LogP contribution in [0.5, 0.6) is 0 Å². The highest BCUT2D eigenvalue weighted by Crippen LogP contribution is 2.32. The van der Waals surface area contributed by atoms with Gasteiger partial charge >= 0.3 is 0 Å². The van der Waals surface area contributed by atoms with Gasteiger partial charge in [-0.25, -0.2) is 10.9 Å². The average molecular weight is 366 g/mol. The summed E-state index contributed by atoms with van der Waals surface area (Å²) in [5.74, 6) is 1.25. The summed E-state index contributed by atoms with van der Waals surface area (Å²) in [5.41, 5.74) is 11.5. The van der Waals surface area contributed by atoms with Crippen molar-refractivity contribution in [2.24, 2.45) is 0 Å². The number of hydrogen-bond acceptors (Lipinski definition) is 6. The fourth-order valence-electron chi connectivity index (χ4n) is 3.29. The van der Waals surface area contributed by atoms with Gasteiger partial charge in [0.25, 0.3) is 0 Å². The van der Waals surface area contributed by atoms with Crippen LogP contribution >= 0.6 is 11.8 Å². The zero-order chi connectivity index (χ0) is 18.1. The van der Waals surface area contributed by atoms with E-state index in [1.807, 2.05) is 12.1 Å². The van der Waals surface area contributed by atoms with E-state index in [-0.39, 0.29) is 12.1 Å². The number of aromatic nitrogens is 2. The third-order valence-electron chi connectivity index (χ3n) is 4.80. The van der Waals surface area contributed by atoms with E-state index < -0.39 is 0 Å². The van der Waals surface area contributed by atoms with E-state index in [0.717, 1.165) is 12.0 Å². The van der Waals surface area contributed by atoms with Gasteiger partial charge in [-0.05, 0) is 61.9 Å². The second kappa shape index (κ2) is 7.23. The maximum atomic E-state index is 5.53. The molecule has 3 aromatic rings. The summed E-state index contributed by atoms with van der Waals surface area (Å²) in [6, 6.07) is 15.0. The predicted molar refractivity (Wildman–Crippen MR) is 104 cm³/mol. The molecule has 0 spiro atoms. The molecular formula is C20H22N4OS. The third kappa shape index (κ3) is 3.40. The molecule has 6 heteroatoms. The lowest BCUT2D eigenvalue weighted by Crippen LogP contribution is -2.27. The summed E-state index contributed by atoms with van der Waals surface area (Å²) >= 11 is 1.72. The van der Waals surface area contributed by atoms with Crippen molar-refractivity contribution in [1.82, 2.24) is 21.0 Å². The smallest absolute Gasteiger partial charge is 0.245 e. The average Bonchev–Trinajstić information content (AvgIpc) is 3.33. The highest BCUT2D eigenvalue weighted by Gasteiger charge is 2.31. The van der Waals surface area contributed by atoms with Crippen LogP contribution in [0.1, 0.15) is 41.1 Å². The van der Waals surface area contributed by atoms with Gasteiger partial charge in [-0.15, -0.1) is 11.8 Å². The standard InChI is InChI=1S/C20H22N4OS/c1-12-4-5-13(2)16(10-12)17-11-18(23-22-17)20-21-19(24-25-20)14-6-8-15(26-3)9-7-14/h4-10,17-18,22-23H,11H2,1-3H3. The molecule has 2 heterocycles. The van der Waals surface area contributed by atoms with Crippen molar-refractivity contribution in [3.63, 3.8) is 0 Å². The summed E-state index contributed by atoms with van der Waals surface area (Å²) < 4.78 is 5.53. The van der Waals surface area contributed by atoms with Crippen LogP contribution in [0.3, 0.4) is 0 Å². The molecule has 1 aromatic heterocycles. The Morgan fingerprint density at radius 2 is 1.81 bits per heavy atom. The van der Waals surface area contributed by atoms with Crippen LogP contribution in [0.15, 0.2) is 51.9 Å². The van der Waals surface area contributed by atoms with Crippen LogP contribution < -0.4 is 10.9 Å². The van der Waals surface area contributed by atoms with Gasteiger partial charge in [0.05, 0.1) is 0 Å². The molecule has 134 valence electrons. The van der Waals surface area contributed by atoms with Crippen LogP contribution in [0.4, 0.5) is 0 Å². The van der Waals surface area contributed by atoms with Gasteiger partial charge < -0.3 is 4.52 Å². The Morgan fingerprint density at radius 1 is 1.04 bits per heavy atom. The Kier molecular flexibility index (Phi) is 4.80. The molecule has 26 heavy (non-hydrogen) atoms. The zero-order valence-corrected chi connectivity index (χ0v) is 15.9. The van der Waals surface area contributed by atoms with Gasteiger partial charge in [-0.1, -0.05) is 28.9 Å². The van der Waals surface area contributed by atoms with Crippen LogP contribution in [0, 0.1) is 13.8 Å². The van der Waals surface area contributed by atoms with Crippen LogP contribution in [-0.4, -0.2) is 16.4 Å². The molecular weight excluding hydrogens is 344 g/mol. The van der Waals surface area contributed by atoms with Gasteiger partial charge in [0.15, 0.2) is 0 Å². The van der Waals surface area contributed by atoms with Gasteiger partial charge in [0.1, 0.15) is 6.04 Å². The Labute approximate surface area is 157 Å². The minimum Gasteiger partial charge on any atom is -0.337 e. The third-order valence-corrected chi connectivity index (χ3v) is 5.54. The highest BCUT2D eigenvalue weighted by molar-refractivity contribution is 7.98.